The highest BCUT2D eigenvalue weighted by Crippen LogP contribution is 2.23. The van der Waals surface area contributed by atoms with Crippen molar-refractivity contribution in [2.75, 3.05) is 17.2 Å². The van der Waals surface area contributed by atoms with Crippen LogP contribution in [0, 0.1) is 13.8 Å². The first-order chi connectivity index (χ1) is 14.0. The smallest absolute Gasteiger partial charge is 0.319 e. The van der Waals surface area contributed by atoms with Gasteiger partial charge in [-0.25, -0.2) is 4.79 Å². The SMILES string of the molecule is C=CCNC(=O)Nc1ccc(NC(=O)Cc2c(C)nc3ccccc3c2C)cc1. The lowest BCUT2D eigenvalue weighted by atomic mass is 9.99. The van der Waals surface area contributed by atoms with Gasteiger partial charge < -0.3 is 16.0 Å². The minimum absolute atomic E-state index is 0.113. The number of nitrogens with zero attached hydrogens (tertiary/aromatic N) is 1. The van der Waals surface area contributed by atoms with E-state index in [1.54, 1.807) is 30.3 Å². The maximum absolute atomic E-state index is 12.6. The number of aromatic nitrogens is 1. The quantitative estimate of drug-likeness (QED) is 0.549. The normalized spacial score (nSPS) is 10.4. The largest absolute Gasteiger partial charge is 0.334 e. The third kappa shape index (κ3) is 4.99. The van der Waals surface area contributed by atoms with Gasteiger partial charge in [0.15, 0.2) is 0 Å². The number of hydrogen-bond donors (Lipinski definition) is 3. The zero-order chi connectivity index (χ0) is 20.8. The highest BCUT2D eigenvalue weighted by molar-refractivity contribution is 5.94. The topological polar surface area (TPSA) is 83.1 Å². The van der Waals surface area contributed by atoms with Gasteiger partial charge in [0, 0.05) is 29.0 Å². The average molecular weight is 388 g/mol. The fourth-order valence-corrected chi connectivity index (χ4v) is 3.17. The molecule has 3 aromatic rings. The number of pyridine rings is 1. The average Bonchev–Trinajstić information content (AvgIpc) is 2.71. The van der Waals surface area contributed by atoms with Gasteiger partial charge in [-0.15, -0.1) is 6.58 Å². The van der Waals surface area contributed by atoms with Gasteiger partial charge in [0.2, 0.25) is 5.91 Å². The van der Waals surface area contributed by atoms with Crippen molar-refractivity contribution in [1.29, 1.82) is 0 Å². The first kappa shape index (κ1) is 20.1. The summed E-state index contributed by atoms with van der Waals surface area (Å²) in [5, 5.41) is 9.31. The van der Waals surface area contributed by atoms with Crippen molar-refractivity contribution in [2.45, 2.75) is 20.3 Å². The predicted octanol–water partition coefficient (Wildman–Crippen LogP) is 4.34. The van der Waals surface area contributed by atoms with Crippen LogP contribution in [0.15, 0.2) is 61.2 Å². The van der Waals surface area contributed by atoms with Gasteiger partial charge in [-0.3, -0.25) is 9.78 Å². The van der Waals surface area contributed by atoms with E-state index in [4.69, 9.17) is 0 Å². The van der Waals surface area contributed by atoms with E-state index >= 15 is 0 Å². The summed E-state index contributed by atoms with van der Waals surface area (Å²) in [6.45, 7) is 7.89. The fraction of sp³-hybridized carbons (Fsp3) is 0.174. The number of para-hydroxylation sites is 1. The molecule has 6 heteroatoms. The van der Waals surface area contributed by atoms with E-state index in [0.717, 1.165) is 27.7 Å². The number of anilines is 2. The van der Waals surface area contributed by atoms with Gasteiger partial charge in [0.1, 0.15) is 0 Å². The van der Waals surface area contributed by atoms with Gasteiger partial charge in [-0.05, 0) is 55.3 Å². The van der Waals surface area contributed by atoms with E-state index < -0.39 is 0 Å². The van der Waals surface area contributed by atoms with Crippen LogP contribution in [0.25, 0.3) is 10.9 Å². The summed E-state index contributed by atoms with van der Waals surface area (Å²) in [6, 6.07) is 14.6. The molecule has 0 unspecified atom stereocenters. The number of benzene rings is 2. The number of aryl methyl sites for hydroxylation is 2. The van der Waals surface area contributed by atoms with E-state index in [1.165, 1.54) is 0 Å². The third-order valence-electron chi connectivity index (χ3n) is 4.66. The molecule has 0 radical (unpaired) electrons. The van der Waals surface area contributed by atoms with Crippen molar-refractivity contribution in [2.24, 2.45) is 0 Å². The van der Waals surface area contributed by atoms with Crippen LogP contribution in [0.1, 0.15) is 16.8 Å². The summed E-state index contributed by atoms with van der Waals surface area (Å²) in [5.41, 5.74) is 5.12. The van der Waals surface area contributed by atoms with Gasteiger partial charge in [0.05, 0.1) is 11.9 Å². The molecule has 2 aromatic carbocycles. The van der Waals surface area contributed by atoms with Crippen LogP contribution >= 0.6 is 0 Å². The zero-order valence-electron chi connectivity index (χ0n) is 16.6. The van der Waals surface area contributed by atoms with Crippen LogP contribution in [0.2, 0.25) is 0 Å². The minimum atomic E-state index is -0.309. The molecule has 1 aromatic heterocycles. The van der Waals surface area contributed by atoms with Crippen molar-refractivity contribution in [3.8, 4) is 0 Å². The molecule has 0 aliphatic carbocycles. The molecule has 0 saturated carbocycles. The standard InChI is InChI=1S/C23H24N4O2/c1-4-13-24-23(29)27-18-11-9-17(10-12-18)26-22(28)14-20-15(2)19-7-5-6-8-21(19)25-16(20)3/h4-12H,1,13-14H2,2-3H3,(H,26,28)(H2,24,27,29). The molecule has 0 aliphatic rings. The second kappa shape index (κ2) is 9.01. The van der Waals surface area contributed by atoms with Crippen LogP contribution in [0.4, 0.5) is 16.2 Å². The van der Waals surface area contributed by atoms with Crippen molar-refractivity contribution in [3.05, 3.63) is 78.0 Å². The first-order valence-corrected chi connectivity index (χ1v) is 9.38. The molecule has 0 fully saturated rings. The van der Waals surface area contributed by atoms with E-state index in [0.29, 0.717) is 17.9 Å². The Bertz CT molecular complexity index is 1060. The number of hydrogen-bond acceptors (Lipinski definition) is 3. The third-order valence-corrected chi connectivity index (χ3v) is 4.66. The molecule has 1 heterocycles. The summed E-state index contributed by atoms with van der Waals surface area (Å²) in [6.07, 6.45) is 1.85. The molecule has 3 rings (SSSR count). The van der Waals surface area contributed by atoms with Crippen molar-refractivity contribution >= 4 is 34.2 Å². The number of carbonyl (C=O) groups is 2. The Kier molecular flexibility index (Phi) is 6.24. The van der Waals surface area contributed by atoms with Gasteiger partial charge in [-0.1, -0.05) is 24.3 Å². The number of nitrogens with one attached hydrogen (secondary N) is 3. The lowest BCUT2D eigenvalue weighted by Crippen LogP contribution is -2.28. The monoisotopic (exact) mass is 388 g/mol. The Morgan fingerprint density at radius 3 is 2.34 bits per heavy atom. The Balaban J connectivity index is 1.66. The number of amides is 3. The molecule has 3 amide bonds. The highest BCUT2D eigenvalue weighted by atomic mass is 16.2. The molecule has 148 valence electrons. The number of urea groups is 1. The highest BCUT2D eigenvalue weighted by Gasteiger charge is 2.13. The summed E-state index contributed by atoms with van der Waals surface area (Å²) in [7, 11) is 0. The zero-order valence-corrected chi connectivity index (χ0v) is 16.6. The number of carbonyl (C=O) groups excluding carboxylic acids is 2. The molecular formula is C23H24N4O2. The first-order valence-electron chi connectivity index (χ1n) is 9.38. The Labute approximate surface area is 170 Å². The molecule has 0 bridgehead atoms. The maximum Gasteiger partial charge on any atom is 0.319 e. The number of rotatable bonds is 6. The Morgan fingerprint density at radius 2 is 1.66 bits per heavy atom. The summed E-state index contributed by atoms with van der Waals surface area (Å²) in [5.74, 6) is -0.113. The van der Waals surface area contributed by atoms with Crippen LogP contribution in [-0.2, 0) is 11.2 Å². The van der Waals surface area contributed by atoms with Crippen LogP contribution in [-0.4, -0.2) is 23.5 Å². The molecule has 0 spiro atoms. The van der Waals surface area contributed by atoms with Crippen LogP contribution in [0.3, 0.4) is 0 Å². The molecule has 3 N–H and O–H groups in total. The second-order valence-electron chi connectivity index (χ2n) is 6.74. The van der Waals surface area contributed by atoms with Crippen molar-refractivity contribution in [3.63, 3.8) is 0 Å². The predicted molar refractivity (Wildman–Crippen MR) is 117 cm³/mol. The Morgan fingerprint density at radius 1 is 1.00 bits per heavy atom. The fourth-order valence-electron chi connectivity index (χ4n) is 3.17. The van der Waals surface area contributed by atoms with E-state index in [1.807, 2.05) is 38.1 Å². The van der Waals surface area contributed by atoms with E-state index in [-0.39, 0.29) is 18.4 Å². The van der Waals surface area contributed by atoms with Crippen molar-refractivity contribution in [1.82, 2.24) is 10.3 Å². The van der Waals surface area contributed by atoms with E-state index in [2.05, 4.69) is 27.5 Å². The molecule has 6 nitrogen and oxygen atoms in total. The van der Waals surface area contributed by atoms with Crippen molar-refractivity contribution < 1.29 is 9.59 Å². The van der Waals surface area contributed by atoms with Crippen LogP contribution in [0.5, 0.6) is 0 Å². The van der Waals surface area contributed by atoms with Gasteiger partial charge >= 0.3 is 6.03 Å². The molecule has 0 atom stereocenters. The lowest BCUT2D eigenvalue weighted by molar-refractivity contribution is -0.115. The summed E-state index contributed by atoms with van der Waals surface area (Å²) >= 11 is 0. The molecule has 0 saturated heterocycles. The Hall–Kier alpha value is -3.67. The summed E-state index contributed by atoms with van der Waals surface area (Å²) in [4.78, 5) is 28.8. The lowest BCUT2D eigenvalue weighted by Gasteiger charge is -2.13. The minimum Gasteiger partial charge on any atom is -0.334 e. The van der Waals surface area contributed by atoms with Gasteiger partial charge in [0.25, 0.3) is 0 Å². The summed E-state index contributed by atoms with van der Waals surface area (Å²) < 4.78 is 0. The second-order valence-corrected chi connectivity index (χ2v) is 6.74. The maximum atomic E-state index is 12.6. The number of fused-ring (bicyclic) bond motifs is 1. The van der Waals surface area contributed by atoms with Gasteiger partial charge in [-0.2, -0.15) is 0 Å². The van der Waals surface area contributed by atoms with E-state index in [9.17, 15) is 9.59 Å². The molecular weight excluding hydrogens is 364 g/mol. The molecule has 29 heavy (non-hydrogen) atoms. The molecule has 0 aliphatic heterocycles. The van der Waals surface area contributed by atoms with Crippen LogP contribution < -0.4 is 16.0 Å².